The first-order chi connectivity index (χ1) is 8.63. The molecule has 0 unspecified atom stereocenters. The minimum atomic E-state index is -1.50. The molecule has 0 saturated carbocycles. The summed E-state index contributed by atoms with van der Waals surface area (Å²) in [5.41, 5.74) is 4.33. The molecule has 0 aliphatic rings. The number of nitrogens with two attached hydrogens (primary N) is 1. The fraction of sp³-hybridized carbons (Fsp3) is 0.733. The Balaban J connectivity index is 2.84. The van der Waals surface area contributed by atoms with E-state index in [1.807, 2.05) is 20.8 Å². The van der Waals surface area contributed by atoms with Crippen molar-refractivity contribution in [2.24, 2.45) is 17.6 Å². The largest absolute Gasteiger partial charge is 0.465 e. The van der Waals surface area contributed by atoms with Crippen LogP contribution >= 0.6 is 0 Å². The molecule has 0 saturated heterocycles. The van der Waals surface area contributed by atoms with Gasteiger partial charge in [0.05, 0.1) is 18.5 Å². The van der Waals surface area contributed by atoms with Gasteiger partial charge < -0.3 is 14.3 Å². The lowest BCUT2D eigenvalue weighted by Gasteiger charge is -2.34. The number of hydrogen-bond acceptors (Lipinski definition) is 4. The van der Waals surface area contributed by atoms with Crippen molar-refractivity contribution in [3.63, 3.8) is 0 Å². The molecule has 19 heavy (non-hydrogen) atoms. The van der Waals surface area contributed by atoms with Crippen molar-refractivity contribution >= 4 is 0 Å². The zero-order chi connectivity index (χ0) is 14.7. The van der Waals surface area contributed by atoms with Gasteiger partial charge >= 0.3 is 0 Å². The molecule has 4 heteroatoms. The number of aliphatic hydroxyl groups is 1. The normalized spacial score (nSPS) is 17.5. The van der Waals surface area contributed by atoms with Crippen molar-refractivity contribution in [3.8, 4) is 0 Å². The van der Waals surface area contributed by atoms with Crippen molar-refractivity contribution in [2.75, 3.05) is 6.61 Å². The first-order valence-electron chi connectivity index (χ1n) is 6.82. The zero-order valence-corrected chi connectivity index (χ0v) is 12.6. The highest BCUT2D eigenvalue weighted by molar-refractivity contribution is 5.09. The van der Waals surface area contributed by atoms with E-state index in [0.29, 0.717) is 18.3 Å². The van der Waals surface area contributed by atoms with E-state index in [9.17, 15) is 5.11 Å². The van der Waals surface area contributed by atoms with Crippen LogP contribution in [0.2, 0.25) is 0 Å². The fourth-order valence-electron chi connectivity index (χ4n) is 2.00. The molecule has 1 aromatic heterocycles. The van der Waals surface area contributed by atoms with Crippen LogP contribution in [0.5, 0.6) is 0 Å². The molecule has 2 atom stereocenters. The van der Waals surface area contributed by atoms with Gasteiger partial charge in [0.15, 0.2) is 11.5 Å². The molecule has 0 spiro atoms. The summed E-state index contributed by atoms with van der Waals surface area (Å²) in [5, 5.41) is 10.6. The summed E-state index contributed by atoms with van der Waals surface area (Å²) in [6, 6.07) is 3.43. The van der Waals surface area contributed by atoms with Crippen LogP contribution in [-0.4, -0.2) is 17.3 Å². The predicted molar refractivity (Wildman–Crippen MR) is 75.4 cm³/mol. The Labute approximate surface area is 115 Å². The average molecular weight is 269 g/mol. The van der Waals surface area contributed by atoms with E-state index in [1.165, 1.54) is 6.26 Å². The van der Waals surface area contributed by atoms with Crippen molar-refractivity contribution in [2.45, 2.75) is 52.4 Å². The van der Waals surface area contributed by atoms with E-state index < -0.39 is 5.72 Å². The summed E-state index contributed by atoms with van der Waals surface area (Å²) < 4.78 is 11.1. The van der Waals surface area contributed by atoms with E-state index in [-0.39, 0.29) is 11.5 Å². The zero-order valence-electron chi connectivity index (χ0n) is 12.6. The van der Waals surface area contributed by atoms with Gasteiger partial charge in [0.1, 0.15) is 0 Å². The Kier molecular flexibility index (Phi) is 5.18. The van der Waals surface area contributed by atoms with Crippen LogP contribution in [0.3, 0.4) is 0 Å². The summed E-state index contributed by atoms with van der Waals surface area (Å²) in [4.78, 5) is 0. The Morgan fingerprint density at radius 1 is 1.37 bits per heavy atom. The topological polar surface area (TPSA) is 68.6 Å². The van der Waals surface area contributed by atoms with Gasteiger partial charge in [-0.25, -0.2) is 0 Å². The van der Waals surface area contributed by atoms with Crippen LogP contribution in [-0.2, 0) is 10.5 Å². The molecule has 0 fully saturated rings. The molecule has 0 radical (unpaired) electrons. The van der Waals surface area contributed by atoms with Gasteiger partial charge in [-0.3, -0.25) is 5.73 Å². The van der Waals surface area contributed by atoms with E-state index in [4.69, 9.17) is 14.9 Å². The lowest BCUT2D eigenvalue weighted by atomic mass is 9.87. The average Bonchev–Trinajstić information content (AvgIpc) is 2.75. The lowest BCUT2D eigenvalue weighted by molar-refractivity contribution is -0.106. The molecule has 0 aliphatic carbocycles. The van der Waals surface area contributed by atoms with Crippen molar-refractivity contribution in [1.82, 2.24) is 0 Å². The molecule has 1 aromatic rings. The van der Waals surface area contributed by atoms with Gasteiger partial charge in [-0.15, -0.1) is 0 Å². The molecule has 0 aromatic carbocycles. The highest BCUT2D eigenvalue weighted by atomic mass is 16.5. The molecule has 4 nitrogen and oxygen atoms in total. The van der Waals surface area contributed by atoms with Gasteiger partial charge in [-0.05, 0) is 45.2 Å². The predicted octanol–water partition coefficient (Wildman–Crippen LogP) is 2.86. The first kappa shape index (κ1) is 16.2. The molecule has 110 valence electrons. The van der Waals surface area contributed by atoms with Crippen LogP contribution in [0, 0.1) is 11.8 Å². The standard InChI is InChI=1S/C15H27NO3/c1-11(2)9-12(10-19-14(3,4)5)15(16,17)13-7-6-8-18-13/h6-8,11-12,17H,9-10,16H2,1-5H3/t12-,15+/m0/s1. The monoisotopic (exact) mass is 269 g/mol. The maximum Gasteiger partial charge on any atom is 0.177 e. The minimum Gasteiger partial charge on any atom is -0.465 e. The van der Waals surface area contributed by atoms with Crippen LogP contribution in [0.1, 0.15) is 46.8 Å². The maximum absolute atomic E-state index is 10.6. The maximum atomic E-state index is 10.6. The van der Waals surface area contributed by atoms with Crippen LogP contribution < -0.4 is 5.73 Å². The third-order valence-electron chi connectivity index (χ3n) is 3.01. The summed E-state index contributed by atoms with van der Waals surface area (Å²) in [5.74, 6) is 0.590. The quantitative estimate of drug-likeness (QED) is 0.779. The van der Waals surface area contributed by atoms with Crippen molar-refractivity contribution in [3.05, 3.63) is 24.2 Å². The van der Waals surface area contributed by atoms with Gasteiger partial charge in [-0.1, -0.05) is 13.8 Å². The molecule has 0 amide bonds. The number of rotatable bonds is 6. The number of furan rings is 1. The van der Waals surface area contributed by atoms with Crippen molar-refractivity contribution in [1.29, 1.82) is 0 Å². The van der Waals surface area contributed by atoms with Gasteiger partial charge in [0, 0.05) is 5.92 Å². The minimum absolute atomic E-state index is 0.210. The Bertz CT molecular complexity index is 363. The molecule has 1 rings (SSSR count). The third-order valence-corrected chi connectivity index (χ3v) is 3.01. The van der Waals surface area contributed by atoms with E-state index in [1.54, 1.807) is 12.1 Å². The Hall–Kier alpha value is -0.840. The summed E-state index contributed by atoms with van der Waals surface area (Å²) in [6.07, 6.45) is 2.29. The summed E-state index contributed by atoms with van der Waals surface area (Å²) >= 11 is 0. The third kappa shape index (κ3) is 4.97. The van der Waals surface area contributed by atoms with E-state index in [0.717, 1.165) is 6.42 Å². The second kappa shape index (κ2) is 6.07. The highest BCUT2D eigenvalue weighted by Gasteiger charge is 2.38. The number of hydrogen-bond donors (Lipinski definition) is 2. The van der Waals surface area contributed by atoms with Gasteiger partial charge in [0.25, 0.3) is 0 Å². The van der Waals surface area contributed by atoms with Crippen molar-refractivity contribution < 1.29 is 14.3 Å². The summed E-state index contributed by atoms with van der Waals surface area (Å²) in [6.45, 7) is 10.6. The molecule has 0 aliphatic heterocycles. The Morgan fingerprint density at radius 2 is 2.00 bits per heavy atom. The molecular weight excluding hydrogens is 242 g/mol. The second-order valence-electron chi connectivity index (χ2n) is 6.55. The first-order valence-corrected chi connectivity index (χ1v) is 6.82. The molecular formula is C15H27NO3. The Morgan fingerprint density at radius 3 is 2.42 bits per heavy atom. The SMILES string of the molecule is CC(C)C[C@@H](COC(C)(C)C)[C@@](N)(O)c1ccco1. The molecule has 0 bridgehead atoms. The fourth-order valence-corrected chi connectivity index (χ4v) is 2.00. The second-order valence-corrected chi connectivity index (χ2v) is 6.55. The van der Waals surface area contributed by atoms with E-state index >= 15 is 0 Å². The molecule has 1 heterocycles. The van der Waals surface area contributed by atoms with E-state index in [2.05, 4.69) is 13.8 Å². The van der Waals surface area contributed by atoms with Crippen LogP contribution in [0.4, 0.5) is 0 Å². The molecule has 3 N–H and O–H groups in total. The lowest BCUT2D eigenvalue weighted by Crippen LogP contribution is -2.47. The highest BCUT2D eigenvalue weighted by Crippen LogP contribution is 2.31. The smallest absolute Gasteiger partial charge is 0.177 e. The van der Waals surface area contributed by atoms with Gasteiger partial charge in [-0.2, -0.15) is 0 Å². The number of ether oxygens (including phenoxy) is 1. The van der Waals surface area contributed by atoms with Gasteiger partial charge in [0.2, 0.25) is 0 Å². The summed E-state index contributed by atoms with van der Waals surface area (Å²) in [7, 11) is 0. The van der Waals surface area contributed by atoms with Crippen LogP contribution in [0.15, 0.2) is 22.8 Å². The van der Waals surface area contributed by atoms with Crippen LogP contribution in [0.25, 0.3) is 0 Å².